The van der Waals surface area contributed by atoms with Crippen LogP contribution < -0.4 is 15.0 Å². The van der Waals surface area contributed by atoms with Crippen molar-refractivity contribution in [2.45, 2.75) is 65.2 Å². The lowest BCUT2D eigenvalue weighted by Gasteiger charge is -2.31. The van der Waals surface area contributed by atoms with Gasteiger partial charge in [-0.15, -0.1) is 0 Å². The minimum atomic E-state index is -1.84. The van der Waals surface area contributed by atoms with Gasteiger partial charge in [0, 0.05) is 22.6 Å². The Labute approximate surface area is 202 Å². The molecule has 0 amide bonds. The van der Waals surface area contributed by atoms with Gasteiger partial charge in [-0.3, -0.25) is 4.79 Å². The molecule has 5 heterocycles. The first kappa shape index (κ1) is 22.1. The summed E-state index contributed by atoms with van der Waals surface area (Å²) in [4.78, 5) is 31.0. The molecular formula is C27H28N2O6. The van der Waals surface area contributed by atoms with Gasteiger partial charge in [-0.2, -0.15) is 0 Å². The largest absolute Gasteiger partial charge is 0.458 e. The standard InChI is InChI=1S/C27H28N2O6/c1-4-14(5-2)7-15-16-8-22-23(35-13-34-22)10-20(16)28-24-17(15)11-29-21(24)9-19-18(25(29)30)12-33-26(31)27(19,32)6-3/h8-10,14,32H,4-7,11-13H2,1-3H3/t27-/m0/s1. The quantitative estimate of drug-likeness (QED) is 0.438. The molecular weight excluding hydrogens is 448 g/mol. The molecule has 0 bridgehead atoms. The number of pyridine rings is 2. The van der Waals surface area contributed by atoms with Crippen LogP contribution in [0.1, 0.15) is 62.3 Å². The number of fused-ring (bicyclic) bond motifs is 6. The van der Waals surface area contributed by atoms with Gasteiger partial charge in [-0.25, -0.2) is 9.78 Å². The van der Waals surface area contributed by atoms with Crippen LogP contribution in [0, 0.1) is 5.92 Å². The van der Waals surface area contributed by atoms with Gasteiger partial charge in [0.25, 0.3) is 5.56 Å². The van der Waals surface area contributed by atoms with E-state index in [9.17, 15) is 14.7 Å². The Hall–Kier alpha value is -3.39. The van der Waals surface area contributed by atoms with E-state index in [2.05, 4.69) is 13.8 Å². The molecule has 1 N–H and O–H groups in total. The smallest absolute Gasteiger partial charge is 0.343 e. The molecule has 0 unspecified atom stereocenters. The van der Waals surface area contributed by atoms with Crippen molar-refractivity contribution in [3.63, 3.8) is 0 Å². The van der Waals surface area contributed by atoms with Crippen molar-refractivity contribution in [3.8, 4) is 22.9 Å². The zero-order valence-electron chi connectivity index (χ0n) is 20.1. The van der Waals surface area contributed by atoms with Gasteiger partial charge in [0.05, 0.1) is 29.0 Å². The lowest BCUT2D eigenvalue weighted by molar-refractivity contribution is -0.172. The van der Waals surface area contributed by atoms with Gasteiger partial charge >= 0.3 is 5.97 Å². The predicted octanol–water partition coefficient (Wildman–Crippen LogP) is 3.79. The fraction of sp³-hybridized carbons (Fsp3) is 0.444. The van der Waals surface area contributed by atoms with E-state index >= 15 is 0 Å². The maximum atomic E-state index is 13.6. The van der Waals surface area contributed by atoms with Crippen LogP contribution in [0.25, 0.3) is 22.3 Å². The number of hydrogen-bond acceptors (Lipinski definition) is 7. The molecule has 3 aromatic rings. The van der Waals surface area contributed by atoms with Crippen LogP contribution in [0.3, 0.4) is 0 Å². The van der Waals surface area contributed by atoms with Gasteiger partial charge in [-0.05, 0) is 36.5 Å². The lowest BCUT2D eigenvalue weighted by Crippen LogP contribution is -2.44. The van der Waals surface area contributed by atoms with E-state index in [4.69, 9.17) is 19.2 Å². The maximum Gasteiger partial charge on any atom is 0.343 e. The van der Waals surface area contributed by atoms with E-state index in [-0.39, 0.29) is 25.4 Å². The topological polar surface area (TPSA) is 99.9 Å². The molecule has 0 saturated heterocycles. The van der Waals surface area contributed by atoms with Gasteiger partial charge < -0.3 is 23.9 Å². The van der Waals surface area contributed by atoms with Crippen LogP contribution in [0.2, 0.25) is 0 Å². The fourth-order valence-electron chi connectivity index (χ4n) is 5.65. The van der Waals surface area contributed by atoms with Crippen LogP contribution >= 0.6 is 0 Å². The maximum absolute atomic E-state index is 13.6. The van der Waals surface area contributed by atoms with Crippen molar-refractivity contribution in [3.05, 3.63) is 50.8 Å². The second-order valence-electron chi connectivity index (χ2n) is 9.63. The highest BCUT2D eigenvalue weighted by Crippen LogP contribution is 2.43. The molecule has 0 saturated carbocycles. The number of hydrogen-bond donors (Lipinski definition) is 1. The van der Waals surface area contributed by atoms with E-state index < -0.39 is 11.6 Å². The molecule has 0 radical (unpaired) electrons. The number of carbonyl (C=O) groups excluding carboxylic acids is 1. The summed E-state index contributed by atoms with van der Waals surface area (Å²) in [7, 11) is 0. The molecule has 0 fully saturated rings. The summed E-state index contributed by atoms with van der Waals surface area (Å²) in [6.45, 7) is 6.54. The number of cyclic esters (lactones) is 1. The normalized spacial score (nSPS) is 19.6. The SMILES string of the molecule is CCC(CC)Cc1c2c(nc3cc4c(cc13)OCO4)-c1cc3c(c(=O)n1C2)COC(=O)[C@]3(O)CC. The number of rotatable bonds is 5. The zero-order valence-corrected chi connectivity index (χ0v) is 20.1. The predicted molar refractivity (Wildman–Crippen MR) is 128 cm³/mol. The Morgan fingerprint density at radius 3 is 2.51 bits per heavy atom. The van der Waals surface area contributed by atoms with Crippen LogP contribution in [0.4, 0.5) is 0 Å². The number of nitrogens with zero attached hydrogens (tertiary/aromatic N) is 2. The first-order valence-corrected chi connectivity index (χ1v) is 12.3. The Kier molecular flexibility index (Phi) is 4.93. The summed E-state index contributed by atoms with van der Waals surface area (Å²) < 4.78 is 18.2. The molecule has 6 rings (SSSR count). The summed E-state index contributed by atoms with van der Waals surface area (Å²) in [5.74, 6) is 1.13. The Morgan fingerprint density at radius 2 is 1.80 bits per heavy atom. The van der Waals surface area contributed by atoms with Crippen molar-refractivity contribution in [2.24, 2.45) is 5.92 Å². The minimum absolute atomic E-state index is 0.114. The monoisotopic (exact) mass is 476 g/mol. The van der Waals surface area contributed by atoms with Gasteiger partial charge in [0.2, 0.25) is 6.79 Å². The van der Waals surface area contributed by atoms with Crippen LogP contribution in [-0.2, 0) is 34.7 Å². The van der Waals surface area contributed by atoms with Crippen molar-refractivity contribution in [1.29, 1.82) is 0 Å². The number of carbonyl (C=O) groups is 1. The molecule has 8 nitrogen and oxygen atoms in total. The molecule has 3 aliphatic heterocycles. The van der Waals surface area contributed by atoms with Gasteiger partial charge in [0.1, 0.15) is 6.61 Å². The van der Waals surface area contributed by atoms with E-state index in [1.54, 1.807) is 17.6 Å². The van der Waals surface area contributed by atoms with E-state index in [1.165, 1.54) is 0 Å². The van der Waals surface area contributed by atoms with Crippen LogP contribution in [0.5, 0.6) is 11.5 Å². The summed E-state index contributed by atoms with van der Waals surface area (Å²) in [5, 5.41) is 12.2. The average Bonchev–Trinajstić information content (AvgIpc) is 3.47. The molecule has 1 atom stereocenters. The molecule has 0 spiro atoms. The summed E-state index contributed by atoms with van der Waals surface area (Å²) in [6.07, 6.45) is 3.06. The molecule has 182 valence electrons. The summed E-state index contributed by atoms with van der Waals surface area (Å²) >= 11 is 0. The van der Waals surface area contributed by atoms with Crippen molar-refractivity contribution < 1.29 is 24.1 Å². The Morgan fingerprint density at radius 1 is 1.06 bits per heavy atom. The van der Waals surface area contributed by atoms with E-state index in [0.29, 0.717) is 40.8 Å². The first-order chi connectivity index (χ1) is 16.9. The van der Waals surface area contributed by atoms with Crippen molar-refractivity contribution in [2.75, 3.05) is 6.79 Å². The van der Waals surface area contributed by atoms with Crippen LogP contribution in [0.15, 0.2) is 23.0 Å². The molecule has 3 aliphatic rings. The first-order valence-electron chi connectivity index (χ1n) is 12.3. The van der Waals surface area contributed by atoms with E-state index in [0.717, 1.165) is 47.0 Å². The Bertz CT molecular complexity index is 1450. The highest BCUT2D eigenvalue weighted by molar-refractivity contribution is 5.91. The summed E-state index contributed by atoms with van der Waals surface area (Å²) in [5.41, 5.74) is 2.86. The molecule has 8 heteroatoms. The molecule has 2 aromatic heterocycles. The van der Waals surface area contributed by atoms with Crippen molar-refractivity contribution in [1.82, 2.24) is 9.55 Å². The third-order valence-corrected chi connectivity index (χ3v) is 7.95. The number of esters is 1. The Balaban J connectivity index is 1.63. The molecule has 35 heavy (non-hydrogen) atoms. The third kappa shape index (κ3) is 3.05. The number of ether oxygens (including phenoxy) is 3. The second kappa shape index (κ2) is 7.81. The summed E-state index contributed by atoms with van der Waals surface area (Å²) in [6, 6.07) is 5.66. The molecule has 1 aromatic carbocycles. The van der Waals surface area contributed by atoms with Gasteiger partial charge in [0.15, 0.2) is 17.1 Å². The number of aromatic nitrogens is 2. The fourth-order valence-corrected chi connectivity index (χ4v) is 5.65. The van der Waals surface area contributed by atoms with Gasteiger partial charge in [-0.1, -0.05) is 33.6 Å². The molecule has 0 aliphatic carbocycles. The highest BCUT2D eigenvalue weighted by Gasteiger charge is 2.45. The lowest BCUT2D eigenvalue weighted by atomic mass is 9.85. The number of aliphatic hydroxyl groups is 1. The zero-order chi connectivity index (χ0) is 24.5. The third-order valence-electron chi connectivity index (χ3n) is 7.95. The average molecular weight is 477 g/mol. The van der Waals surface area contributed by atoms with Crippen molar-refractivity contribution >= 4 is 16.9 Å². The highest BCUT2D eigenvalue weighted by atomic mass is 16.7. The minimum Gasteiger partial charge on any atom is -0.458 e. The second-order valence-corrected chi connectivity index (χ2v) is 9.63. The van der Waals surface area contributed by atoms with Crippen LogP contribution in [-0.4, -0.2) is 27.4 Å². The van der Waals surface area contributed by atoms with E-state index in [1.807, 2.05) is 12.1 Å². The number of benzene rings is 1.